The molecule has 0 radical (unpaired) electrons. The van der Waals surface area contributed by atoms with Crippen LogP contribution in [-0.2, 0) is 11.2 Å². The van der Waals surface area contributed by atoms with Crippen LogP contribution in [0.1, 0.15) is 29.0 Å². The molecule has 6 nitrogen and oxygen atoms in total. The molecule has 140 valence electrons. The van der Waals surface area contributed by atoms with Gasteiger partial charge >= 0.3 is 0 Å². The molecular formula is C22H18N2O4. The first-order valence-electron chi connectivity index (χ1n) is 9.07. The normalized spacial score (nSPS) is 19.5. The number of allylic oxidation sites excluding steroid dienone is 3. The maximum atomic E-state index is 9.85. The summed E-state index contributed by atoms with van der Waals surface area (Å²) in [5.41, 5.74) is 10.6. The van der Waals surface area contributed by atoms with Crippen molar-refractivity contribution in [2.45, 2.75) is 18.8 Å². The molecule has 2 aromatic rings. The molecule has 0 aromatic heterocycles. The lowest BCUT2D eigenvalue weighted by Crippen LogP contribution is -2.23. The van der Waals surface area contributed by atoms with Gasteiger partial charge in [0.15, 0.2) is 11.5 Å². The molecule has 0 bridgehead atoms. The minimum atomic E-state index is -0.339. The second-order valence-corrected chi connectivity index (χ2v) is 6.90. The number of hydrogen-bond donors (Lipinski definition) is 1. The van der Waals surface area contributed by atoms with E-state index in [-0.39, 0.29) is 18.6 Å². The van der Waals surface area contributed by atoms with E-state index in [0.717, 1.165) is 41.1 Å². The standard InChI is InChI=1S/C22H18N2O4/c1-25-14-5-2-12-3-7-18-21(15(12)9-14)20(16(10-23)22(24)28-18)13-4-6-17-19(8-13)27-11-26-17/h2,4-6,8-9,20H,3,7,11,24H2,1H3. The average Bonchev–Trinajstić information content (AvgIpc) is 3.19. The fourth-order valence-corrected chi connectivity index (χ4v) is 4.13. The largest absolute Gasteiger partial charge is 0.497 e. The van der Waals surface area contributed by atoms with E-state index in [9.17, 15) is 5.26 Å². The summed E-state index contributed by atoms with van der Waals surface area (Å²) in [5, 5.41) is 9.85. The van der Waals surface area contributed by atoms with Crippen LogP contribution in [-0.4, -0.2) is 13.9 Å². The predicted octanol–water partition coefficient (Wildman–Crippen LogP) is 3.59. The molecule has 0 saturated heterocycles. The highest BCUT2D eigenvalue weighted by Crippen LogP contribution is 2.50. The summed E-state index contributed by atoms with van der Waals surface area (Å²) >= 11 is 0. The van der Waals surface area contributed by atoms with Gasteiger partial charge in [-0.05, 0) is 47.4 Å². The van der Waals surface area contributed by atoms with Crippen LogP contribution in [0.3, 0.4) is 0 Å². The number of nitrogens with zero attached hydrogens (tertiary/aromatic N) is 1. The molecule has 28 heavy (non-hydrogen) atoms. The minimum Gasteiger partial charge on any atom is -0.497 e. The molecule has 3 aliphatic rings. The smallest absolute Gasteiger partial charge is 0.231 e. The number of nitriles is 1. The molecule has 1 atom stereocenters. The van der Waals surface area contributed by atoms with Gasteiger partial charge in [-0.15, -0.1) is 0 Å². The Morgan fingerprint density at radius 3 is 2.79 bits per heavy atom. The van der Waals surface area contributed by atoms with Crippen molar-refractivity contribution in [3.63, 3.8) is 0 Å². The number of benzene rings is 2. The summed E-state index contributed by atoms with van der Waals surface area (Å²) in [6.07, 6.45) is 1.58. The SMILES string of the molecule is COc1ccc2c(c1)C1=C(CC2)OC(N)=C(C#N)C1c1ccc2c(c1)OCO2. The van der Waals surface area contributed by atoms with Crippen molar-refractivity contribution in [2.75, 3.05) is 13.9 Å². The zero-order valence-electron chi connectivity index (χ0n) is 15.3. The molecule has 0 fully saturated rings. The Labute approximate surface area is 162 Å². The number of rotatable bonds is 2. The minimum absolute atomic E-state index is 0.162. The Bertz CT molecular complexity index is 1090. The van der Waals surface area contributed by atoms with Crippen LogP contribution in [0, 0.1) is 11.3 Å². The number of ether oxygens (including phenoxy) is 4. The quantitative estimate of drug-likeness (QED) is 0.864. The Hall–Kier alpha value is -3.59. The molecule has 2 N–H and O–H groups in total. The molecule has 1 aliphatic carbocycles. The summed E-state index contributed by atoms with van der Waals surface area (Å²) in [5.74, 6) is 2.76. The summed E-state index contributed by atoms with van der Waals surface area (Å²) in [6.45, 7) is 0.198. The van der Waals surface area contributed by atoms with E-state index in [1.54, 1.807) is 7.11 Å². The van der Waals surface area contributed by atoms with Crippen molar-refractivity contribution in [2.24, 2.45) is 5.73 Å². The Morgan fingerprint density at radius 2 is 1.96 bits per heavy atom. The molecule has 2 heterocycles. The monoisotopic (exact) mass is 374 g/mol. The van der Waals surface area contributed by atoms with E-state index in [2.05, 4.69) is 12.1 Å². The highest BCUT2D eigenvalue weighted by molar-refractivity contribution is 5.82. The summed E-state index contributed by atoms with van der Waals surface area (Å²) < 4.78 is 22.3. The third kappa shape index (κ3) is 2.40. The molecule has 1 unspecified atom stereocenters. The van der Waals surface area contributed by atoms with Gasteiger partial charge in [-0.3, -0.25) is 0 Å². The van der Waals surface area contributed by atoms with Crippen LogP contribution in [0.15, 0.2) is 53.6 Å². The highest BCUT2D eigenvalue weighted by Gasteiger charge is 2.37. The Kier molecular flexibility index (Phi) is 3.69. The van der Waals surface area contributed by atoms with Crippen molar-refractivity contribution in [3.8, 4) is 23.3 Å². The Balaban J connectivity index is 1.72. The van der Waals surface area contributed by atoms with E-state index in [1.807, 2.05) is 30.3 Å². The number of hydrogen-bond acceptors (Lipinski definition) is 6. The summed E-state index contributed by atoms with van der Waals surface area (Å²) in [4.78, 5) is 0. The van der Waals surface area contributed by atoms with Crippen LogP contribution >= 0.6 is 0 Å². The number of aryl methyl sites for hydroxylation is 1. The van der Waals surface area contributed by atoms with Gasteiger partial charge in [-0.25, -0.2) is 0 Å². The average molecular weight is 374 g/mol. The molecule has 0 saturated carbocycles. The van der Waals surface area contributed by atoms with Crippen molar-refractivity contribution in [1.82, 2.24) is 0 Å². The van der Waals surface area contributed by atoms with Crippen molar-refractivity contribution in [1.29, 1.82) is 5.26 Å². The van der Waals surface area contributed by atoms with Gasteiger partial charge < -0.3 is 24.7 Å². The van der Waals surface area contributed by atoms with Gasteiger partial charge in [0.05, 0.1) is 13.0 Å². The van der Waals surface area contributed by atoms with Crippen LogP contribution in [0.4, 0.5) is 0 Å². The highest BCUT2D eigenvalue weighted by atomic mass is 16.7. The van der Waals surface area contributed by atoms with E-state index < -0.39 is 0 Å². The van der Waals surface area contributed by atoms with Gasteiger partial charge in [0.1, 0.15) is 23.2 Å². The van der Waals surface area contributed by atoms with Crippen LogP contribution in [0.2, 0.25) is 0 Å². The van der Waals surface area contributed by atoms with E-state index >= 15 is 0 Å². The zero-order chi connectivity index (χ0) is 19.3. The fourth-order valence-electron chi connectivity index (χ4n) is 4.13. The molecule has 5 rings (SSSR count). The topological polar surface area (TPSA) is 86.7 Å². The predicted molar refractivity (Wildman–Crippen MR) is 101 cm³/mol. The lowest BCUT2D eigenvalue weighted by molar-refractivity contribution is 0.174. The number of nitrogens with two attached hydrogens (primary N) is 1. The van der Waals surface area contributed by atoms with Crippen LogP contribution in [0.5, 0.6) is 17.2 Å². The first-order valence-corrected chi connectivity index (χ1v) is 9.07. The van der Waals surface area contributed by atoms with E-state index in [0.29, 0.717) is 17.1 Å². The van der Waals surface area contributed by atoms with Crippen molar-refractivity contribution < 1.29 is 18.9 Å². The number of fused-ring (bicyclic) bond motifs is 3. The van der Waals surface area contributed by atoms with Gasteiger partial charge in [0.25, 0.3) is 0 Å². The Morgan fingerprint density at radius 1 is 1.11 bits per heavy atom. The second-order valence-electron chi connectivity index (χ2n) is 6.90. The zero-order valence-corrected chi connectivity index (χ0v) is 15.3. The third-order valence-electron chi connectivity index (χ3n) is 5.46. The lowest BCUT2D eigenvalue weighted by atomic mass is 9.75. The summed E-state index contributed by atoms with van der Waals surface area (Å²) in [7, 11) is 1.64. The summed E-state index contributed by atoms with van der Waals surface area (Å²) in [6, 6.07) is 14.0. The van der Waals surface area contributed by atoms with Gasteiger partial charge in [0, 0.05) is 12.0 Å². The lowest BCUT2D eigenvalue weighted by Gasteiger charge is -2.33. The van der Waals surface area contributed by atoms with Crippen molar-refractivity contribution in [3.05, 3.63) is 70.3 Å². The van der Waals surface area contributed by atoms with Gasteiger partial charge in [0.2, 0.25) is 12.7 Å². The van der Waals surface area contributed by atoms with Gasteiger partial charge in [-0.2, -0.15) is 5.26 Å². The molecule has 2 aromatic carbocycles. The molecule has 2 aliphatic heterocycles. The van der Waals surface area contributed by atoms with Crippen molar-refractivity contribution >= 4 is 5.57 Å². The first kappa shape index (κ1) is 16.6. The van der Waals surface area contributed by atoms with Crippen LogP contribution < -0.4 is 19.9 Å². The van der Waals surface area contributed by atoms with Gasteiger partial charge in [-0.1, -0.05) is 12.1 Å². The van der Waals surface area contributed by atoms with Crippen LogP contribution in [0.25, 0.3) is 5.57 Å². The molecule has 6 heteroatoms. The molecular weight excluding hydrogens is 356 g/mol. The maximum absolute atomic E-state index is 9.85. The maximum Gasteiger partial charge on any atom is 0.231 e. The fraction of sp³-hybridized carbons (Fsp3) is 0.227. The molecule has 0 spiro atoms. The second kappa shape index (κ2) is 6.24. The van der Waals surface area contributed by atoms with E-state index in [4.69, 9.17) is 24.7 Å². The third-order valence-corrected chi connectivity index (χ3v) is 5.46. The molecule has 0 amide bonds. The first-order chi connectivity index (χ1) is 13.7. The van der Waals surface area contributed by atoms with E-state index in [1.165, 1.54) is 5.56 Å². The number of methoxy groups -OCH3 is 1.